The molecule has 226 valence electrons. The third-order valence-electron chi connectivity index (χ3n) is 8.50. The number of carboxylic acid groups (broad SMARTS) is 1. The summed E-state index contributed by atoms with van der Waals surface area (Å²) in [5, 5.41) is 17.7. The molecule has 0 bridgehead atoms. The van der Waals surface area contributed by atoms with Crippen molar-refractivity contribution < 1.29 is 28.7 Å². The molecule has 0 atom stereocenters. The largest absolute Gasteiger partial charge is 0.480 e. The van der Waals surface area contributed by atoms with Gasteiger partial charge in [0.05, 0.1) is 5.56 Å². The standard InChI is InChI=1S/C31H35FN6O5/c1-4-38(5-2)14-13-33-28(40)25-17(3)35-26(37-25)21-10-9-19(22-16-34-27(39)24(21)22)20-8-7-18(15-23(20)32)36-29(41)31(30(42)43)11-6-12-31/h7-10,15H,4-6,11-14,16H2,1-3H3,(H,33,40)(H,34,39)(H,35,37)(H,36,41)(H,42,43). The van der Waals surface area contributed by atoms with Gasteiger partial charge < -0.3 is 30.9 Å². The van der Waals surface area contributed by atoms with Crippen LogP contribution in [0.3, 0.4) is 0 Å². The van der Waals surface area contributed by atoms with Gasteiger partial charge in [0.15, 0.2) is 0 Å². The first-order chi connectivity index (χ1) is 20.6. The van der Waals surface area contributed by atoms with Crippen LogP contribution in [0.15, 0.2) is 30.3 Å². The number of rotatable bonds is 11. The molecule has 5 N–H and O–H groups in total. The molecule has 1 fully saturated rings. The van der Waals surface area contributed by atoms with E-state index in [-0.39, 0.29) is 48.1 Å². The van der Waals surface area contributed by atoms with Crippen molar-refractivity contribution in [2.24, 2.45) is 5.41 Å². The average Bonchev–Trinajstić information content (AvgIpc) is 3.53. The highest BCUT2D eigenvalue weighted by molar-refractivity contribution is 6.09. The number of nitrogens with one attached hydrogen (secondary N) is 4. The fourth-order valence-electron chi connectivity index (χ4n) is 5.69. The van der Waals surface area contributed by atoms with E-state index in [1.54, 1.807) is 19.1 Å². The number of hydrogen-bond donors (Lipinski definition) is 5. The monoisotopic (exact) mass is 590 g/mol. The number of nitrogens with zero attached hydrogens (tertiary/aromatic N) is 2. The summed E-state index contributed by atoms with van der Waals surface area (Å²) >= 11 is 0. The number of fused-ring (bicyclic) bond motifs is 1. The van der Waals surface area contributed by atoms with Gasteiger partial charge in [-0.15, -0.1) is 0 Å². The predicted molar refractivity (Wildman–Crippen MR) is 158 cm³/mol. The molecule has 0 spiro atoms. The molecule has 1 saturated carbocycles. The van der Waals surface area contributed by atoms with Crippen molar-refractivity contribution in [1.29, 1.82) is 0 Å². The molecule has 11 nitrogen and oxygen atoms in total. The number of halogens is 1. The van der Waals surface area contributed by atoms with E-state index in [0.717, 1.165) is 25.7 Å². The number of imidazole rings is 1. The fraction of sp³-hybridized carbons (Fsp3) is 0.387. The lowest BCUT2D eigenvalue weighted by atomic mass is 9.68. The van der Waals surface area contributed by atoms with Gasteiger partial charge in [-0.25, -0.2) is 9.37 Å². The minimum Gasteiger partial charge on any atom is -0.480 e. The molecule has 1 aromatic heterocycles. The summed E-state index contributed by atoms with van der Waals surface area (Å²) in [6, 6.07) is 7.51. The molecule has 1 aliphatic heterocycles. The van der Waals surface area contributed by atoms with E-state index in [0.29, 0.717) is 46.7 Å². The van der Waals surface area contributed by atoms with Gasteiger partial charge >= 0.3 is 5.97 Å². The molecule has 43 heavy (non-hydrogen) atoms. The lowest BCUT2D eigenvalue weighted by Crippen LogP contribution is -2.48. The lowest BCUT2D eigenvalue weighted by Gasteiger charge is -2.35. The molecule has 0 unspecified atom stereocenters. The molecule has 12 heteroatoms. The summed E-state index contributed by atoms with van der Waals surface area (Å²) in [6.07, 6.45) is 1.13. The van der Waals surface area contributed by atoms with Crippen molar-refractivity contribution in [3.63, 3.8) is 0 Å². The van der Waals surface area contributed by atoms with Crippen molar-refractivity contribution in [2.75, 3.05) is 31.5 Å². The van der Waals surface area contributed by atoms with Gasteiger partial charge in [-0.2, -0.15) is 0 Å². The number of likely N-dealkylation sites (N-methyl/N-ethyl adjacent to an activating group) is 1. The van der Waals surface area contributed by atoms with Gasteiger partial charge in [-0.05, 0) is 68.2 Å². The maximum absolute atomic E-state index is 15.4. The maximum Gasteiger partial charge on any atom is 0.319 e. The maximum atomic E-state index is 15.4. The van der Waals surface area contributed by atoms with Gasteiger partial charge in [0, 0.05) is 42.1 Å². The molecule has 0 saturated heterocycles. The van der Waals surface area contributed by atoms with Crippen LogP contribution >= 0.6 is 0 Å². The zero-order chi connectivity index (χ0) is 30.9. The number of aromatic amines is 1. The van der Waals surface area contributed by atoms with Crippen LogP contribution in [0.2, 0.25) is 0 Å². The van der Waals surface area contributed by atoms with Gasteiger partial charge in [-0.3, -0.25) is 19.2 Å². The van der Waals surface area contributed by atoms with Crippen LogP contribution in [-0.4, -0.2) is 69.8 Å². The van der Waals surface area contributed by atoms with E-state index in [1.165, 1.54) is 12.1 Å². The molecule has 2 heterocycles. The first-order valence-corrected chi connectivity index (χ1v) is 14.5. The lowest BCUT2D eigenvalue weighted by molar-refractivity contribution is -0.159. The summed E-state index contributed by atoms with van der Waals surface area (Å²) in [5.41, 5.74) is 1.58. The van der Waals surface area contributed by atoms with Gasteiger partial charge in [-0.1, -0.05) is 26.3 Å². The van der Waals surface area contributed by atoms with Crippen molar-refractivity contribution in [3.8, 4) is 22.5 Å². The van der Waals surface area contributed by atoms with Crippen LogP contribution < -0.4 is 16.0 Å². The van der Waals surface area contributed by atoms with Crippen LogP contribution in [-0.2, 0) is 16.1 Å². The summed E-state index contributed by atoms with van der Waals surface area (Å²) < 4.78 is 15.4. The number of carbonyl (C=O) groups excluding carboxylic acids is 3. The highest BCUT2D eigenvalue weighted by Crippen LogP contribution is 2.42. The second-order valence-corrected chi connectivity index (χ2v) is 10.9. The summed E-state index contributed by atoms with van der Waals surface area (Å²) in [6.45, 7) is 9.01. The molecule has 0 radical (unpaired) electrons. The van der Waals surface area contributed by atoms with Crippen LogP contribution in [0.4, 0.5) is 10.1 Å². The van der Waals surface area contributed by atoms with Crippen LogP contribution in [0.5, 0.6) is 0 Å². The molecular weight excluding hydrogens is 555 g/mol. The molecule has 2 aliphatic rings. The topological polar surface area (TPSA) is 157 Å². The second-order valence-electron chi connectivity index (χ2n) is 10.9. The number of H-pyrrole nitrogens is 1. The Labute approximate surface area is 248 Å². The van der Waals surface area contributed by atoms with Crippen LogP contribution in [0, 0.1) is 18.2 Å². The minimum atomic E-state index is -1.48. The predicted octanol–water partition coefficient (Wildman–Crippen LogP) is 3.70. The van der Waals surface area contributed by atoms with Crippen molar-refractivity contribution in [1.82, 2.24) is 25.5 Å². The fourth-order valence-corrected chi connectivity index (χ4v) is 5.69. The number of aliphatic carboxylic acids is 1. The van der Waals surface area contributed by atoms with Gasteiger partial charge in [0.1, 0.15) is 22.8 Å². The Bertz CT molecular complexity index is 1610. The summed E-state index contributed by atoms with van der Waals surface area (Å²) in [4.78, 5) is 59.9. The molecule has 3 amide bonds. The zero-order valence-electron chi connectivity index (χ0n) is 24.4. The molecule has 3 aromatic rings. The number of carbonyl (C=O) groups is 4. The average molecular weight is 591 g/mol. The number of aromatic nitrogens is 2. The quantitative estimate of drug-likeness (QED) is 0.213. The Balaban J connectivity index is 1.39. The van der Waals surface area contributed by atoms with Crippen LogP contribution in [0.1, 0.15) is 65.2 Å². The van der Waals surface area contributed by atoms with Crippen molar-refractivity contribution in [2.45, 2.75) is 46.6 Å². The first kappa shape index (κ1) is 29.9. The molecular formula is C31H35FN6O5. The SMILES string of the molecule is CCN(CC)CCNC(=O)c1nc(-c2ccc(-c3ccc(NC(=O)C4(C(=O)O)CCC4)cc3F)c3c2C(=O)NC3)[nH]c1C. The Morgan fingerprint density at radius 3 is 2.42 bits per heavy atom. The normalized spacial score (nSPS) is 15.0. The highest BCUT2D eigenvalue weighted by atomic mass is 19.1. The van der Waals surface area contributed by atoms with E-state index in [2.05, 4.69) is 44.7 Å². The third kappa shape index (κ3) is 5.50. The Morgan fingerprint density at radius 1 is 1.09 bits per heavy atom. The van der Waals surface area contributed by atoms with E-state index in [9.17, 15) is 24.3 Å². The number of amides is 3. The molecule has 2 aromatic carbocycles. The zero-order valence-corrected chi connectivity index (χ0v) is 24.4. The number of hydrogen-bond acceptors (Lipinski definition) is 6. The Morgan fingerprint density at radius 2 is 1.79 bits per heavy atom. The van der Waals surface area contributed by atoms with E-state index < -0.39 is 23.1 Å². The third-order valence-corrected chi connectivity index (χ3v) is 8.50. The minimum absolute atomic E-state index is 0.148. The molecule has 5 rings (SSSR count). The Hall–Kier alpha value is -4.58. The van der Waals surface area contributed by atoms with Crippen LogP contribution in [0.25, 0.3) is 22.5 Å². The first-order valence-electron chi connectivity index (χ1n) is 14.5. The number of carboxylic acids is 1. The summed E-state index contributed by atoms with van der Waals surface area (Å²) in [7, 11) is 0. The number of anilines is 1. The van der Waals surface area contributed by atoms with Crippen molar-refractivity contribution in [3.05, 3.63) is 58.7 Å². The number of benzene rings is 2. The summed E-state index contributed by atoms with van der Waals surface area (Å²) in [5.74, 6) is -2.78. The van der Waals surface area contributed by atoms with E-state index in [4.69, 9.17) is 0 Å². The molecule has 1 aliphatic carbocycles. The Kier molecular flexibility index (Phi) is 8.32. The van der Waals surface area contributed by atoms with E-state index in [1.807, 2.05) is 0 Å². The second kappa shape index (κ2) is 12.0. The van der Waals surface area contributed by atoms with Gasteiger partial charge in [0.25, 0.3) is 11.8 Å². The van der Waals surface area contributed by atoms with Gasteiger partial charge in [0.2, 0.25) is 5.91 Å². The van der Waals surface area contributed by atoms with E-state index >= 15 is 4.39 Å². The highest BCUT2D eigenvalue weighted by Gasteiger charge is 2.51. The van der Waals surface area contributed by atoms with Crippen molar-refractivity contribution >= 4 is 29.4 Å². The number of aryl methyl sites for hydroxylation is 1. The smallest absolute Gasteiger partial charge is 0.319 e.